The second-order valence-corrected chi connectivity index (χ2v) is 3.76. The average molecular weight is 280 g/mol. The number of hydrogen-bond donors (Lipinski definition) is 1. The average Bonchev–Trinajstić information content (AvgIpc) is 2.31. The maximum absolute atomic E-state index is 12.0. The topological polar surface area (TPSA) is 47.9 Å². The third-order valence-electron chi connectivity index (χ3n) is 2.03. The summed E-state index contributed by atoms with van der Waals surface area (Å²) in [5.41, 5.74) is 0. The van der Waals surface area contributed by atoms with Crippen molar-refractivity contribution in [2.24, 2.45) is 0 Å². The number of methoxy groups -OCH3 is 1. The Bertz CT molecular complexity index is 393. The Labute approximate surface area is 108 Å². The Balaban J connectivity index is 2.56. The van der Waals surface area contributed by atoms with E-state index >= 15 is 0 Å². The summed E-state index contributed by atoms with van der Waals surface area (Å²) in [6, 6.07) is 3.68. The van der Waals surface area contributed by atoms with Gasteiger partial charge in [-0.1, -0.05) is 0 Å². The first-order valence-electron chi connectivity index (χ1n) is 5.56. The molecule has 7 heteroatoms. The van der Waals surface area contributed by atoms with Gasteiger partial charge < -0.3 is 19.3 Å². The van der Waals surface area contributed by atoms with Gasteiger partial charge in [-0.15, -0.1) is 0 Å². The summed E-state index contributed by atoms with van der Waals surface area (Å²) in [7, 11) is 1.55. The van der Waals surface area contributed by atoms with E-state index in [1.807, 2.05) is 0 Å². The van der Waals surface area contributed by atoms with Gasteiger partial charge in [0, 0.05) is 38.3 Å². The van der Waals surface area contributed by atoms with E-state index in [9.17, 15) is 18.3 Å². The Morgan fingerprint density at radius 3 is 2.26 bits per heavy atom. The lowest BCUT2D eigenvalue weighted by Crippen LogP contribution is -2.19. The quantitative estimate of drug-likeness (QED) is 0.780. The Morgan fingerprint density at radius 1 is 1.05 bits per heavy atom. The van der Waals surface area contributed by atoms with Gasteiger partial charge in [-0.3, -0.25) is 0 Å². The van der Waals surface area contributed by atoms with Crippen molar-refractivity contribution in [1.82, 2.24) is 0 Å². The first-order chi connectivity index (χ1) is 8.90. The molecule has 0 fully saturated rings. The summed E-state index contributed by atoms with van der Waals surface area (Å²) >= 11 is 0. The minimum Gasteiger partial charge on any atom is -0.508 e. The molecule has 0 aliphatic heterocycles. The van der Waals surface area contributed by atoms with Gasteiger partial charge >= 0.3 is 6.18 Å². The van der Waals surface area contributed by atoms with Gasteiger partial charge in [0.15, 0.2) is 6.61 Å². The molecule has 108 valence electrons. The van der Waals surface area contributed by atoms with E-state index in [-0.39, 0.29) is 17.2 Å². The highest BCUT2D eigenvalue weighted by atomic mass is 19.4. The minimum absolute atomic E-state index is 0.0981. The molecular weight excluding hydrogens is 265 g/mol. The highest BCUT2D eigenvalue weighted by Gasteiger charge is 2.28. The number of rotatable bonds is 7. The van der Waals surface area contributed by atoms with Crippen molar-refractivity contribution in [3.05, 3.63) is 18.2 Å². The molecule has 1 aromatic rings. The van der Waals surface area contributed by atoms with Gasteiger partial charge in [-0.05, 0) is 0 Å². The van der Waals surface area contributed by atoms with Crippen LogP contribution in [0.2, 0.25) is 0 Å². The van der Waals surface area contributed by atoms with Crippen molar-refractivity contribution in [3.8, 4) is 17.2 Å². The molecule has 0 aromatic heterocycles. The molecule has 1 N–H and O–H groups in total. The van der Waals surface area contributed by atoms with E-state index in [2.05, 4.69) is 4.74 Å². The molecule has 0 saturated heterocycles. The molecule has 4 nitrogen and oxygen atoms in total. The number of hydrogen-bond acceptors (Lipinski definition) is 4. The molecule has 0 unspecified atom stereocenters. The number of ether oxygens (including phenoxy) is 3. The second kappa shape index (κ2) is 7.08. The van der Waals surface area contributed by atoms with Crippen LogP contribution < -0.4 is 9.47 Å². The van der Waals surface area contributed by atoms with Crippen LogP contribution >= 0.6 is 0 Å². The minimum atomic E-state index is -4.43. The first kappa shape index (κ1) is 15.4. The van der Waals surface area contributed by atoms with Crippen LogP contribution in [-0.4, -0.2) is 38.2 Å². The third kappa shape index (κ3) is 6.76. The van der Waals surface area contributed by atoms with Crippen molar-refractivity contribution in [3.63, 3.8) is 0 Å². The lowest BCUT2D eigenvalue weighted by molar-refractivity contribution is -0.153. The predicted molar refractivity (Wildman–Crippen MR) is 61.6 cm³/mol. The number of phenols is 1. The van der Waals surface area contributed by atoms with E-state index in [0.29, 0.717) is 19.6 Å². The van der Waals surface area contributed by atoms with Crippen molar-refractivity contribution >= 4 is 0 Å². The summed E-state index contributed by atoms with van der Waals surface area (Å²) in [5, 5.41) is 9.36. The normalized spacial score (nSPS) is 11.4. The highest BCUT2D eigenvalue weighted by molar-refractivity contribution is 5.41. The fourth-order valence-electron chi connectivity index (χ4n) is 1.28. The van der Waals surface area contributed by atoms with E-state index in [1.54, 1.807) is 7.11 Å². The fourth-order valence-corrected chi connectivity index (χ4v) is 1.28. The highest BCUT2D eigenvalue weighted by Crippen LogP contribution is 2.28. The molecule has 0 aliphatic carbocycles. The number of aromatic hydroxyl groups is 1. The third-order valence-corrected chi connectivity index (χ3v) is 2.03. The van der Waals surface area contributed by atoms with Crippen molar-refractivity contribution in [2.75, 3.05) is 26.9 Å². The van der Waals surface area contributed by atoms with Crippen LogP contribution in [0, 0.1) is 0 Å². The molecule has 0 saturated carbocycles. The number of benzene rings is 1. The standard InChI is InChI=1S/C12H15F3O4/c1-17-3-2-4-18-10-5-9(16)6-11(7-10)19-8-12(13,14)15/h5-7,16H,2-4,8H2,1H3. The van der Waals surface area contributed by atoms with Crippen LogP contribution in [0.1, 0.15) is 6.42 Å². The zero-order chi connectivity index (χ0) is 14.3. The van der Waals surface area contributed by atoms with Crippen LogP contribution in [0.15, 0.2) is 18.2 Å². The molecule has 1 aromatic carbocycles. The molecule has 0 radical (unpaired) electrons. The molecular formula is C12H15F3O4. The molecule has 1 rings (SSSR count). The van der Waals surface area contributed by atoms with Gasteiger partial charge in [-0.25, -0.2) is 0 Å². The molecule has 0 heterocycles. The van der Waals surface area contributed by atoms with Gasteiger partial charge in [-0.2, -0.15) is 13.2 Å². The van der Waals surface area contributed by atoms with Gasteiger partial charge in [0.1, 0.15) is 17.2 Å². The SMILES string of the molecule is COCCCOc1cc(O)cc(OCC(F)(F)F)c1. The summed E-state index contributed by atoms with van der Waals surface area (Å²) in [6.07, 6.45) is -3.80. The Hall–Kier alpha value is -1.63. The Morgan fingerprint density at radius 2 is 1.68 bits per heavy atom. The van der Waals surface area contributed by atoms with E-state index in [1.165, 1.54) is 12.1 Å². The lowest BCUT2D eigenvalue weighted by atomic mass is 10.3. The van der Waals surface area contributed by atoms with Crippen LogP contribution in [0.3, 0.4) is 0 Å². The number of halogens is 3. The van der Waals surface area contributed by atoms with Crippen molar-refractivity contribution in [2.45, 2.75) is 12.6 Å². The van der Waals surface area contributed by atoms with Crippen LogP contribution in [-0.2, 0) is 4.74 Å². The zero-order valence-electron chi connectivity index (χ0n) is 10.4. The largest absolute Gasteiger partial charge is 0.508 e. The maximum Gasteiger partial charge on any atom is 0.422 e. The van der Waals surface area contributed by atoms with Crippen molar-refractivity contribution in [1.29, 1.82) is 0 Å². The predicted octanol–water partition coefficient (Wildman–Crippen LogP) is 2.75. The van der Waals surface area contributed by atoms with E-state index < -0.39 is 12.8 Å². The van der Waals surface area contributed by atoms with Crippen LogP contribution in [0.4, 0.5) is 13.2 Å². The first-order valence-corrected chi connectivity index (χ1v) is 5.56. The van der Waals surface area contributed by atoms with Crippen LogP contribution in [0.25, 0.3) is 0 Å². The van der Waals surface area contributed by atoms with Crippen molar-refractivity contribution < 1.29 is 32.5 Å². The maximum atomic E-state index is 12.0. The fraction of sp³-hybridized carbons (Fsp3) is 0.500. The summed E-state index contributed by atoms with van der Waals surface area (Å²) in [6.45, 7) is -0.578. The molecule has 0 aliphatic rings. The molecule has 0 atom stereocenters. The second-order valence-electron chi connectivity index (χ2n) is 3.76. The van der Waals surface area contributed by atoms with Gasteiger partial charge in [0.05, 0.1) is 6.61 Å². The summed E-state index contributed by atoms with van der Waals surface area (Å²) < 4.78 is 50.6. The van der Waals surface area contributed by atoms with Gasteiger partial charge in [0.25, 0.3) is 0 Å². The molecule has 0 spiro atoms. The monoisotopic (exact) mass is 280 g/mol. The zero-order valence-corrected chi connectivity index (χ0v) is 10.4. The summed E-state index contributed by atoms with van der Waals surface area (Å²) in [5.74, 6) is -0.0752. The number of alkyl halides is 3. The van der Waals surface area contributed by atoms with Crippen LogP contribution in [0.5, 0.6) is 17.2 Å². The Kier molecular flexibility index (Phi) is 5.75. The molecule has 0 bridgehead atoms. The van der Waals surface area contributed by atoms with E-state index in [0.717, 1.165) is 6.07 Å². The number of phenolic OH excluding ortho intramolecular Hbond substituents is 1. The van der Waals surface area contributed by atoms with E-state index in [4.69, 9.17) is 9.47 Å². The smallest absolute Gasteiger partial charge is 0.422 e. The molecule has 19 heavy (non-hydrogen) atoms. The molecule has 0 amide bonds. The lowest BCUT2D eigenvalue weighted by Gasteiger charge is -2.11. The summed E-state index contributed by atoms with van der Waals surface area (Å²) in [4.78, 5) is 0. The van der Waals surface area contributed by atoms with Gasteiger partial charge in [0.2, 0.25) is 0 Å².